The Morgan fingerprint density at radius 1 is 1.52 bits per heavy atom. The highest BCUT2D eigenvalue weighted by atomic mass is 35.5. The van der Waals surface area contributed by atoms with Crippen LogP contribution in [0.1, 0.15) is 17.9 Å². The molecule has 0 aliphatic carbocycles. The van der Waals surface area contributed by atoms with Crippen LogP contribution in [-0.2, 0) is 9.53 Å². The summed E-state index contributed by atoms with van der Waals surface area (Å²) in [5, 5.41) is 8.64. The summed E-state index contributed by atoms with van der Waals surface area (Å²) in [5.74, 6) is 1.64. The van der Waals surface area contributed by atoms with Crippen LogP contribution in [-0.4, -0.2) is 36.7 Å². The van der Waals surface area contributed by atoms with Crippen molar-refractivity contribution in [3.8, 4) is 11.3 Å². The lowest BCUT2D eigenvalue weighted by Crippen LogP contribution is -2.43. The maximum atomic E-state index is 12.0. The van der Waals surface area contributed by atoms with E-state index in [4.69, 9.17) is 9.15 Å². The van der Waals surface area contributed by atoms with Gasteiger partial charge in [0, 0.05) is 30.0 Å². The molecule has 6 nitrogen and oxygen atoms in total. The smallest absolute Gasteiger partial charge is 0.227 e. The first kappa shape index (κ1) is 17.9. The van der Waals surface area contributed by atoms with Crippen LogP contribution in [0.3, 0.4) is 0 Å². The summed E-state index contributed by atoms with van der Waals surface area (Å²) in [7, 11) is 0. The molecule has 1 unspecified atom stereocenters. The molecule has 0 spiro atoms. The van der Waals surface area contributed by atoms with Gasteiger partial charge in [0.25, 0.3) is 0 Å². The number of carbonyl (C=O) groups is 1. The van der Waals surface area contributed by atoms with Gasteiger partial charge in [0.2, 0.25) is 5.91 Å². The second-order valence-electron chi connectivity index (χ2n) is 5.34. The molecule has 1 amide bonds. The summed E-state index contributed by atoms with van der Waals surface area (Å²) in [6.07, 6.45) is 0.388. The number of hydrogen-bond donors (Lipinski definition) is 2. The van der Waals surface area contributed by atoms with Crippen molar-refractivity contribution in [1.29, 1.82) is 0 Å². The molecule has 2 N–H and O–H groups in total. The number of carbonyl (C=O) groups excluding carboxylic acids is 1. The predicted molar refractivity (Wildman–Crippen MR) is 92.4 cm³/mol. The van der Waals surface area contributed by atoms with Gasteiger partial charge in [-0.2, -0.15) is 0 Å². The van der Waals surface area contributed by atoms with E-state index in [9.17, 15) is 4.79 Å². The lowest BCUT2D eigenvalue weighted by Gasteiger charge is -2.22. The molecule has 8 heteroatoms. The average Bonchev–Trinajstić information content (AvgIpc) is 3.06. The van der Waals surface area contributed by atoms with Gasteiger partial charge in [0.1, 0.15) is 11.5 Å². The Morgan fingerprint density at radius 2 is 2.35 bits per heavy atom. The Labute approximate surface area is 145 Å². The van der Waals surface area contributed by atoms with Crippen molar-refractivity contribution in [2.75, 3.05) is 25.1 Å². The van der Waals surface area contributed by atoms with E-state index >= 15 is 0 Å². The van der Waals surface area contributed by atoms with Gasteiger partial charge >= 0.3 is 0 Å². The fraction of sp³-hybridized carbons (Fsp3) is 0.467. The number of amides is 1. The molecular weight excluding hydrogens is 338 g/mol. The van der Waals surface area contributed by atoms with Crippen molar-refractivity contribution >= 4 is 34.8 Å². The van der Waals surface area contributed by atoms with Crippen molar-refractivity contribution in [2.45, 2.75) is 26.3 Å². The summed E-state index contributed by atoms with van der Waals surface area (Å²) in [6.45, 7) is 5.89. The van der Waals surface area contributed by atoms with Crippen molar-refractivity contribution in [2.24, 2.45) is 0 Å². The van der Waals surface area contributed by atoms with Gasteiger partial charge < -0.3 is 19.8 Å². The number of morpholine rings is 1. The van der Waals surface area contributed by atoms with Crippen molar-refractivity contribution in [1.82, 2.24) is 10.3 Å². The van der Waals surface area contributed by atoms with Gasteiger partial charge in [-0.15, -0.1) is 23.7 Å². The van der Waals surface area contributed by atoms with Gasteiger partial charge in [-0.05, 0) is 19.9 Å². The SMILES string of the molecule is Cc1cc(-c2csc(NC(=O)CC3COCCN3)n2)c(C)o1.Cl. The number of anilines is 1. The highest BCUT2D eigenvalue weighted by Gasteiger charge is 2.18. The molecule has 1 fully saturated rings. The molecule has 1 aliphatic rings. The van der Waals surface area contributed by atoms with Crippen LogP contribution in [0.5, 0.6) is 0 Å². The number of rotatable bonds is 4. The summed E-state index contributed by atoms with van der Waals surface area (Å²) in [5.41, 5.74) is 1.80. The average molecular weight is 358 g/mol. The number of thiazole rings is 1. The molecule has 23 heavy (non-hydrogen) atoms. The van der Waals surface area contributed by atoms with Crippen LogP contribution in [0.15, 0.2) is 15.9 Å². The third-order valence-corrected chi connectivity index (χ3v) is 4.26. The second kappa shape index (κ2) is 7.92. The van der Waals surface area contributed by atoms with E-state index in [-0.39, 0.29) is 24.4 Å². The van der Waals surface area contributed by atoms with E-state index in [0.717, 1.165) is 29.3 Å². The fourth-order valence-corrected chi connectivity index (χ4v) is 3.21. The van der Waals surface area contributed by atoms with Crippen LogP contribution in [0.25, 0.3) is 11.3 Å². The van der Waals surface area contributed by atoms with E-state index in [2.05, 4.69) is 15.6 Å². The topological polar surface area (TPSA) is 76.4 Å². The second-order valence-corrected chi connectivity index (χ2v) is 6.20. The minimum atomic E-state index is -0.0519. The lowest BCUT2D eigenvalue weighted by molar-refractivity contribution is -0.117. The summed E-state index contributed by atoms with van der Waals surface area (Å²) < 4.78 is 10.9. The van der Waals surface area contributed by atoms with Crippen molar-refractivity contribution in [3.63, 3.8) is 0 Å². The van der Waals surface area contributed by atoms with E-state index in [0.29, 0.717) is 24.8 Å². The Kier molecular flexibility index (Phi) is 6.17. The minimum Gasteiger partial charge on any atom is -0.466 e. The summed E-state index contributed by atoms with van der Waals surface area (Å²) in [6, 6.07) is 2.03. The molecule has 0 bridgehead atoms. The van der Waals surface area contributed by atoms with Gasteiger partial charge in [-0.3, -0.25) is 4.79 Å². The number of furan rings is 1. The van der Waals surface area contributed by atoms with Crippen molar-refractivity contribution < 1.29 is 13.9 Å². The van der Waals surface area contributed by atoms with Crippen LogP contribution < -0.4 is 10.6 Å². The molecule has 126 valence electrons. The highest BCUT2D eigenvalue weighted by molar-refractivity contribution is 7.14. The Balaban J connectivity index is 0.00000192. The number of nitrogens with one attached hydrogen (secondary N) is 2. The molecule has 3 heterocycles. The molecule has 0 aromatic carbocycles. The number of nitrogens with zero attached hydrogens (tertiary/aromatic N) is 1. The first-order chi connectivity index (χ1) is 10.6. The normalized spacial score (nSPS) is 17.6. The van der Waals surface area contributed by atoms with Gasteiger partial charge in [-0.1, -0.05) is 0 Å². The maximum absolute atomic E-state index is 12.0. The Bertz CT molecular complexity index is 665. The van der Waals surface area contributed by atoms with Gasteiger partial charge in [0.05, 0.1) is 18.9 Å². The number of halogens is 1. The Morgan fingerprint density at radius 3 is 3.00 bits per heavy atom. The standard InChI is InChI=1S/C15H19N3O3S.ClH/c1-9-5-12(10(2)21-9)13-8-22-15(17-13)18-14(19)6-11-7-20-4-3-16-11;/h5,8,11,16H,3-4,6-7H2,1-2H3,(H,17,18,19);1H. The maximum Gasteiger partial charge on any atom is 0.227 e. The molecule has 2 aromatic heterocycles. The molecular formula is C15H20ClN3O3S. The third-order valence-electron chi connectivity index (χ3n) is 3.50. The van der Waals surface area contributed by atoms with Crippen LogP contribution >= 0.6 is 23.7 Å². The molecule has 1 saturated heterocycles. The Hall–Kier alpha value is -1.41. The number of aromatic nitrogens is 1. The molecule has 0 saturated carbocycles. The monoisotopic (exact) mass is 357 g/mol. The zero-order chi connectivity index (χ0) is 15.5. The molecule has 2 aromatic rings. The van der Waals surface area contributed by atoms with Crippen LogP contribution in [0.2, 0.25) is 0 Å². The zero-order valence-corrected chi connectivity index (χ0v) is 14.7. The van der Waals surface area contributed by atoms with Gasteiger partial charge in [-0.25, -0.2) is 4.98 Å². The molecule has 0 radical (unpaired) electrons. The molecule has 1 atom stereocenters. The zero-order valence-electron chi connectivity index (χ0n) is 13.0. The number of ether oxygens (including phenoxy) is 1. The van der Waals surface area contributed by atoms with Crippen LogP contribution in [0, 0.1) is 13.8 Å². The molecule has 1 aliphatic heterocycles. The van der Waals surface area contributed by atoms with E-state index in [1.54, 1.807) is 0 Å². The fourth-order valence-electron chi connectivity index (χ4n) is 2.48. The minimum absolute atomic E-state index is 0. The van der Waals surface area contributed by atoms with E-state index in [1.807, 2.05) is 25.3 Å². The van der Waals surface area contributed by atoms with Gasteiger partial charge in [0.15, 0.2) is 5.13 Å². The summed E-state index contributed by atoms with van der Waals surface area (Å²) in [4.78, 5) is 16.5. The first-order valence-corrected chi connectivity index (χ1v) is 8.13. The van der Waals surface area contributed by atoms with Crippen LogP contribution in [0.4, 0.5) is 5.13 Å². The molecule has 3 rings (SSSR count). The van der Waals surface area contributed by atoms with E-state index < -0.39 is 0 Å². The van der Waals surface area contributed by atoms with Crippen molar-refractivity contribution in [3.05, 3.63) is 23.0 Å². The lowest BCUT2D eigenvalue weighted by atomic mass is 10.2. The number of aryl methyl sites for hydroxylation is 2. The number of hydrogen-bond acceptors (Lipinski definition) is 6. The quantitative estimate of drug-likeness (QED) is 0.879. The largest absolute Gasteiger partial charge is 0.466 e. The first-order valence-electron chi connectivity index (χ1n) is 7.26. The highest BCUT2D eigenvalue weighted by Crippen LogP contribution is 2.29. The summed E-state index contributed by atoms with van der Waals surface area (Å²) >= 11 is 1.42. The third kappa shape index (κ3) is 4.54. The van der Waals surface area contributed by atoms with E-state index in [1.165, 1.54) is 11.3 Å². The predicted octanol–water partition coefficient (Wildman–Crippen LogP) is 2.76.